The summed E-state index contributed by atoms with van der Waals surface area (Å²) in [5, 5.41) is 14.5. The average Bonchev–Trinajstić information content (AvgIpc) is 2.76. The van der Waals surface area contributed by atoms with Crippen LogP contribution in [-0.2, 0) is 11.4 Å². The van der Waals surface area contributed by atoms with E-state index in [2.05, 4.69) is 29.6 Å². The van der Waals surface area contributed by atoms with Crippen LogP contribution < -0.4 is 10.1 Å². The van der Waals surface area contributed by atoms with E-state index in [4.69, 9.17) is 4.74 Å². The summed E-state index contributed by atoms with van der Waals surface area (Å²) in [6.07, 6.45) is 2.40. The number of rotatable bonds is 7. The lowest BCUT2D eigenvalue weighted by molar-refractivity contribution is -0.117. The number of nitrogens with zero attached hydrogens (tertiary/aromatic N) is 1. The van der Waals surface area contributed by atoms with Gasteiger partial charge in [-0.1, -0.05) is 61.5 Å². The molecule has 0 aliphatic rings. The first-order valence-electron chi connectivity index (χ1n) is 9.73. The number of nitriles is 1. The summed E-state index contributed by atoms with van der Waals surface area (Å²) in [7, 11) is 0. The van der Waals surface area contributed by atoms with Gasteiger partial charge in [-0.3, -0.25) is 4.79 Å². The highest BCUT2D eigenvalue weighted by atomic mass is 16.5. The first-order chi connectivity index (χ1) is 14.1. The van der Waals surface area contributed by atoms with Crippen molar-refractivity contribution in [3.63, 3.8) is 0 Å². The maximum atomic E-state index is 12.2. The number of nitrogens with one attached hydrogen (secondary N) is 1. The molecule has 0 radical (unpaired) electrons. The van der Waals surface area contributed by atoms with Crippen LogP contribution in [0.1, 0.15) is 31.4 Å². The second kappa shape index (κ2) is 9.57. The average molecular weight is 384 g/mol. The predicted molar refractivity (Wildman–Crippen MR) is 116 cm³/mol. The first kappa shape index (κ1) is 20.2. The number of hydrogen-bond donors (Lipinski definition) is 1. The van der Waals surface area contributed by atoms with Crippen molar-refractivity contribution >= 4 is 22.8 Å². The van der Waals surface area contributed by atoms with E-state index in [-0.39, 0.29) is 17.5 Å². The molecule has 0 aliphatic carbocycles. The van der Waals surface area contributed by atoms with Crippen LogP contribution in [0.5, 0.6) is 5.75 Å². The van der Waals surface area contributed by atoms with Crippen molar-refractivity contribution in [3.8, 4) is 11.8 Å². The summed E-state index contributed by atoms with van der Waals surface area (Å²) in [6, 6.07) is 23.8. The molecule has 0 spiro atoms. The van der Waals surface area contributed by atoms with Crippen LogP contribution in [0.25, 0.3) is 16.8 Å². The summed E-state index contributed by atoms with van der Waals surface area (Å²) in [6.45, 7) is 4.37. The minimum atomic E-state index is -0.349. The highest BCUT2D eigenvalue weighted by molar-refractivity contribution is 6.01. The third kappa shape index (κ3) is 5.24. The van der Waals surface area contributed by atoms with Gasteiger partial charge in [-0.25, -0.2) is 0 Å². The topological polar surface area (TPSA) is 62.1 Å². The van der Waals surface area contributed by atoms with E-state index in [0.29, 0.717) is 6.61 Å². The number of hydrogen-bond acceptors (Lipinski definition) is 3. The molecule has 1 amide bonds. The molecule has 0 saturated heterocycles. The molecule has 4 nitrogen and oxygen atoms in total. The fourth-order valence-corrected chi connectivity index (χ4v) is 2.96. The summed E-state index contributed by atoms with van der Waals surface area (Å²) >= 11 is 0. The van der Waals surface area contributed by atoms with E-state index >= 15 is 0 Å². The van der Waals surface area contributed by atoms with Gasteiger partial charge in [0.15, 0.2) is 0 Å². The van der Waals surface area contributed by atoms with Gasteiger partial charge in [0.1, 0.15) is 24.0 Å². The van der Waals surface area contributed by atoms with Crippen molar-refractivity contribution in [2.24, 2.45) is 0 Å². The van der Waals surface area contributed by atoms with E-state index < -0.39 is 0 Å². The Balaban J connectivity index is 1.68. The molecule has 0 fully saturated rings. The zero-order chi connectivity index (χ0) is 20.6. The first-order valence-corrected chi connectivity index (χ1v) is 9.73. The molecule has 3 aromatic rings. The molecule has 3 rings (SSSR count). The van der Waals surface area contributed by atoms with E-state index in [1.165, 1.54) is 10.8 Å². The van der Waals surface area contributed by atoms with Gasteiger partial charge < -0.3 is 10.1 Å². The number of fused-ring (bicyclic) bond motifs is 1. The van der Waals surface area contributed by atoms with Crippen LogP contribution in [0.4, 0.5) is 0 Å². The molecule has 0 heterocycles. The normalized spacial score (nSPS) is 12.2. The van der Waals surface area contributed by atoms with Gasteiger partial charge in [0.05, 0.1) is 0 Å². The molecule has 0 saturated carbocycles. The van der Waals surface area contributed by atoms with Gasteiger partial charge in [-0.15, -0.1) is 0 Å². The Morgan fingerprint density at radius 3 is 2.55 bits per heavy atom. The summed E-state index contributed by atoms with van der Waals surface area (Å²) < 4.78 is 5.94. The fraction of sp³-hybridized carbons (Fsp3) is 0.200. The van der Waals surface area contributed by atoms with E-state index in [1.807, 2.05) is 62.4 Å². The van der Waals surface area contributed by atoms with Gasteiger partial charge >= 0.3 is 0 Å². The van der Waals surface area contributed by atoms with Gasteiger partial charge in [-0.2, -0.15) is 5.26 Å². The molecule has 0 unspecified atom stereocenters. The number of amides is 1. The van der Waals surface area contributed by atoms with Crippen LogP contribution in [0, 0.1) is 11.3 Å². The second-order valence-corrected chi connectivity index (χ2v) is 6.95. The maximum Gasteiger partial charge on any atom is 0.262 e. The minimum Gasteiger partial charge on any atom is -0.489 e. The Morgan fingerprint density at radius 1 is 1.10 bits per heavy atom. The molecule has 3 aromatic carbocycles. The predicted octanol–water partition coefficient (Wildman–Crippen LogP) is 5.24. The van der Waals surface area contributed by atoms with Crippen LogP contribution in [0.2, 0.25) is 0 Å². The summed E-state index contributed by atoms with van der Waals surface area (Å²) in [5.74, 6) is 0.385. The monoisotopic (exact) mass is 384 g/mol. The third-order valence-corrected chi connectivity index (χ3v) is 4.82. The SMILES string of the molecule is CC[C@H](C)NC(=O)/C(C#N)=C/c1ccc(OCc2cccc3ccccc23)cc1. The molecule has 0 bridgehead atoms. The molecule has 0 aliphatic heterocycles. The highest BCUT2D eigenvalue weighted by Gasteiger charge is 2.11. The molecular weight excluding hydrogens is 360 g/mol. The lowest BCUT2D eigenvalue weighted by atomic mass is 10.1. The lowest BCUT2D eigenvalue weighted by Crippen LogP contribution is -2.32. The quantitative estimate of drug-likeness (QED) is 0.447. The fourth-order valence-electron chi connectivity index (χ4n) is 2.96. The van der Waals surface area contributed by atoms with Gasteiger partial charge in [0.2, 0.25) is 0 Å². The molecular formula is C25H24N2O2. The van der Waals surface area contributed by atoms with Gasteiger partial charge in [0, 0.05) is 6.04 Å². The highest BCUT2D eigenvalue weighted by Crippen LogP contribution is 2.21. The third-order valence-electron chi connectivity index (χ3n) is 4.82. The molecule has 1 atom stereocenters. The smallest absolute Gasteiger partial charge is 0.262 e. The Bertz CT molecular complexity index is 1060. The minimum absolute atomic E-state index is 0.0316. The second-order valence-electron chi connectivity index (χ2n) is 6.95. The Kier molecular flexibility index (Phi) is 6.65. The van der Waals surface area contributed by atoms with Crippen molar-refractivity contribution in [2.75, 3.05) is 0 Å². The zero-order valence-corrected chi connectivity index (χ0v) is 16.7. The number of ether oxygens (including phenoxy) is 1. The van der Waals surface area contributed by atoms with Crippen molar-refractivity contribution in [3.05, 3.63) is 83.4 Å². The lowest BCUT2D eigenvalue weighted by Gasteiger charge is -2.11. The molecule has 0 aromatic heterocycles. The largest absolute Gasteiger partial charge is 0.489 e. The van der Waals surface area contributed by atoms with Gasteiger partial charge in [0.25, 0.3) is 5.91 Å². The number of carbonyl (C=O) groups is 1. The van der Waals surface area contributed by atoms with Crippen molar-refractivity contribution in [2.45, 2.75) is 32.9 Å². The van der Waals surface area contributed by atoms with Crippen molar-refractivity contribution in [1.82, 2.24) is 5.32 Å². The Hall–Kier alpha value is -3.58. The van der Waals surface area contributed by atoms with Gasteiger partial charge in [-0.05, 0) is 53.5 Å². The number of benzene rings is 3. The molecule has 29 heavy (non-hydrogen) atoms. The summed E-state index contributed by atoms with van der Waals surface area (Å²) in [4.78, 5) is 12.2. The van der Waals surface area contributed by atoms with Crippen molar-refractivity contribution in [1.29, 1.82) is 5.26 Å². The van der Waals surface area contributed by atoms with E-state index in [1.54, 1.807) is 6.08 Å². The van der Waals surface area contributed by atoms with Crippen LogP contribution in [0.3, 0.4) is 0 Å². The van der Waals surface area contributed by atoms with E-state index in [0.717, 1.165) is 23.3 Å². The Labute approximate surface area is 171 Å². The van der Waals surface area contributed by atoms with Crippen molar-refractivity contribution < 1.29 is 9.53 Å². The van der Waals surface area contributed by atoms with E-state index in [9.17, 15) is 10.1 Å². The number of carbonyl (C=O) groups excluding carboxylic acids is 1. The maximum absolute atomic E-state index is 12.2. The zero-order valence-electron chi connectivity index (χ0n) is 16.7. The molecule has 1 N–H and O–H groups in total. The van der Waals surface area contributed by atoms with Crippen LogP contribution >= 0.6 is 0 Å². The van der Waals surface area contributed by atoms with Crippen LogP contribution in [-0.4, -0.2) is 11.9 Å². The standard InChI is InChI=1S/C25H24N2O2/c1-3-18(2)27-25(28)22(16-26)15-19-11-13-23(14-12-19)29-17-21-9-6-8-20-7-4-5-10-24(20)21/h4-15,18H,3,17H2,1-2H3,(H,27,28)/b22-15+/t18-/m0/s1. The summed E-state index contributed by atoms with van der Waals surface area (Å²) in [5.41, 5.74) is 1.99. The molecule has 4 heteroatoms. The Morgan fingerprint density at radius 2 is 1.83 bits per heavy atom. The molecule has 146 valence electrons. The van der Waals surface area contributed by atoms with Crippen LogP contribution in [0.15, 0.2) is 72.3 Å².